The Morgan fingerprint density at radius 1 is 1.33 bits per heavy atom. The highest BCUT2D eigenvalue weighted by Gasteiger charge is 2.23. The van der Waals surface area contributed by atoms with Gasteiger partial charge in [-0.25, -0.2) is 9.59 Å². The molecule has 0 heterocycles. The zero-order chi connectivity index (χ0) is 16.0. The van der Waals surface area contributed by atoms with Crippen LogP contribution in [0.2, 0.25) is 0 Å². The van der Waals surface area contributed by atoms with Crippen LogP contribution in [0.1, 0.15) is 12.0 Å². The van der Waals surface area contributed by atoms with Crippen molar-refractivity contribution in [2.24, 2.45) is 0 Å². The number of anilines is 1. The van der Waals surface area contributed by atoms with E-state index in [4.69, 9.17) is 15.5 Å². The monoisotopic (exact) mass is 355 g/mol. The van der Waals surface area contributed by atoms with Crippen molar-refractivity contribution in [2.45, 2.75) is 12.5 Å². The van der Waals surface area contributed by atoms with Gasteiger partial charge < -0.3 is 20.8 Å². The summed E-state index contributed by atoms with van der Waals surface area (Å²) in [6.07, 6.45) is -0.756. The molecule has 0 saturated heterocycles. The van der Waals surface area contributed by atoms with Crippen LogP contribution in [0, 0.1) is 11.3 Å². The highest BCUT2D eigenvalue weighted by molar-refractivity contribution is 9.10. The van der Waals surface area contributed by atoms with Crippen LogP contribution in [0.4, 0.5) is 10.5 Å². The average molecular weight is 356 g/mol. The number of nitrogens with zero attached hydrogens (tertiary/aromatic N) is 1. The number of aliphatic carboxylic acids is 2. The SMILES string of the molecule is N#Cc1cc(Br)ccc1NC(=O)N[C@H](CC(=O)O)C(=O)O. The smallest absolute Gasteiger partial charge is 0.326 e. The quantitative estimate of drug-likeness (QED) is 0.628. The largest absolute Gasteiger partial charge is 0.481 e. The molecule has 0 bridgehead atoms. The molecule has 4 N–H and O–H groups in total. The summed E-state index contributed by atoms with van der Waals surface area (Å²) in [7, 11) is 0. The van der Waals surface area contributed by atoms with Crippen LogP contribution in [-0.4, -0.2) is 34.2 Å². The molecule has 9 heteroatoms. The van der Waals surface area contributed by atoms with E-state index in [0.29, 0.717) is 4.47 Å². The van der Waals surface area contributed by atoms with Crippen molar-refractivity contribution in [3.8, 4) is 6.07 Å². The second kappa shape index (κ2) is 7.25. The minimum Gasteiger partial charge on any atom is -0.481 e. The summed E-state index contributed by atoms with van der Waals surface area (Å²) >= 11 is 3.17. The summed E-state index contributed by atoms with van der Waals surface area (Å²) in [5.41, 5.74) is 0.349. The Balaban J connectivity index is 2.79. The van der Waals surface area contributed by atoms with Gasteiger partial charge in [0, 0.05) is 4.47 Å². The first-order valence-electron chi connectivity index (χ1n) is 5.55. The van der Waals surface area contributed by atoms with Gasteiger partial charge in [0.05, 0.1) is 17.7 Å². The molecule has 0 aromatic heterocycles. The third kappa shape index (κ3) is 5.12. The van der Waals surface area contributed by atoms with E-state index < -0.39 is 30.4 Å². The molecule has 0 fully saturated rings. The van der Waals surface area contributed by atoms with Gasteiger partial charge in [0.25, 0.3) is 0 Å². The Morgan fingerprint density at radius 2 is 2.00 bits per heavy atom. The Morgan fingerprint density at radius 3 is 2.52 bits per heavy atom. The van der Waals surface area contributed by atoms with Crippen LogP contribution in [0.15, 0.2) is 22.7 Å². The second-order valence-corrected chi connectivity index (χ2v) is 4.80. The van der Waals surface area contributed by atoms with Crippen LogP contribution in [-0.2, 0) is 9.59 Å². The van der Waals surface area contributed by atoms with Gasteiger partial charge in [-0.1, -0.05) is 15.9 Å². The second-order valence-electron chi connectivity index (χ2n) is 3.89. The van der Waals surface area contributed by atoms with Crippen molar-refractivity contribution in [1.29, 1.82) is 5.26 Å². The molecule has 0 radical (unpaired) electrons. The van der Waals surface area contributed by atoms with E-state index >= 15 is 0 Å². The van der Waals surface area contributed by atoms with E-state index in [9.17, 15) is 14.4 Å². The Labute approximate surface area is 127 Å². The molecule has 1 rings (SSSR count). The van der Waals surface area contributed by atoms with E-state index in [1.807, 2.05) is 11.4 Å². The van der Waals surface area contributed by atoms with Crippen LogP contribution in [0.25, 0.3) is 0 Å². The standard InChI is InChI=1S/C12H10BrN3O5/c13-7-1-2-8(6(3-7)5-14)15-12(21)16-9(11(19)20)4-10(17)18/h1-3,9H,4H2,(H,17,18)(H,19,20)(H2,15,16,21)/t9-/m1/s1. The predicted molar refractivity (Wildman–Crippen MR) is 74.7 cm³/mol. The summed E-state index contributed by atoms with van der Waals surface area (Å²) in [6.45, 7) is 0. The molecule has 0 saturated carbocycles. The fraction of sp³-hybridized carbons (Fsp3) is 0.167. The summed E-state index contributed by atoms with van der Waals surface area (Å²) in [4.78, 5) is 33.0. The van der Waals surface area contributed by atoms with Crippen molar-refractivity contribution in [3.05, 3.63) is 28.2 Å². The third-order valence-corrected chi connectivity index (χ3v) is 2.83. The van der Waals surface area contributed by atoms with Crippen molar-refractivity contribution in [2.75, 3.05) is 5.32 Å². The average Bonchev–Trinajstić information content (AvgIpc) is 2.39. The summed E-state index contributed by atoms with van der Waals surface area (Å²) < 4.78 is 0.638. The fourth-order valence-corrected chi connectivity index (χ4v) is 1.77. The third-order valence-electron chi connectivity index (χ3n) is 2.33. The van der Waals surface area contributed by atoms with Crippen molar-refractivity contribution in [3.63, 3.8) is 0 Å². The molecule has 0 aliphatic rings. The molecule has 21 heavy (non-hydrogen) atoms. The lowest BCUT2D eigenvalue weighted by molar-refractivity contribution is -0.145. The minimum absolute atomic E-state index is 0.171. The van der Waals surface area contributed by atoms with Gasteiger partial charge in [0.2, 0.25) is 0 Å². The van der Waals surface area contributed by atoms with E-state index in [1.165, 1.54) is 12.1 Å². The molecule has 0 aliphatic heterocycles. The number of nitrogens with one attached hydrogen (secondary N) is 2. The van der Waals surface area contributed by atoms with Crippen molar-refractivity contribution in [1.82, 2.24) is 5.32 Å². The first-order valence-corrected chi connectivity index (χ1v) is 6.34. The molecule has 1 aromatic carbocycles. The number of amides is 2. The normalized spacial score (nSPS) is 11.0. The highest BCUT2D eigenvalue weighted by atomic mass is 79.9. The van der Waals surface area contributed by atoms with E-state index in [2.05, 4.69) is 21.2 Å². The number of carbonyl (C=O) groups is 3. The van der Waals surface area contributed by atoms with Gasteiger partial charge in [0.1, 0.15) is 12.1 Å². The fourth-order valence-electron chi connectivity index (χ4n) is 1.41. The minimum atomic E-state index is -1.57. The van der Waals surface area contributed by atoms with E-state index in [1.54, 1.807) is 6.07 Å². The van der Waals surface area contributed by atoms with Gasteiger partial charge in [-0.2, -0.15) is 5.26 Å². The number of carboxylic acids is 2. The van der Waals surface area contributed by atoms with Gasteiger partial charge in [0.15, 0.2) is 0 Å². The van der Waals surface area contributed by atoms with Gasteiger partial charge >= 0.3 is 18.0 Å². The molecule has 0 aliphatic carbocycles. The zero-order valence-corrected chi connectivity index (χ0v) is 12.0. The summed E-state index contributed by atoms with van der Waals surface area (Å²) in [5, 5.41) is 30.6. The van der Waals surface area contributed by atoms with Crippen molar-refractivity contribution < 1.29 is 24.6 Å². The van der Waals surface area contributed by atoms with Crippen LogP contribution in [0.5, 0.6) is 0 Å². The lowest BCUT2D eigenvalue weighted by Crippen LogP contribution is -2.44. The van der Waals surface area contributed by atoms with E-state index in [0.717, 1.165) is 0 Å². The molecule has 8 nitrogen and oxygen atoms in total. The van der Waals surface area contributed by atoms with Crippen molar-refractivity contribution >= 4 is 39.6 Å². The molecular weight excluding hydrogens is 346 g/mol. The maximum atomic E-state index is 11.7. The summed E-state index contributed by atoms with van der Waals surface area (Å²) in [5.74, 6) is -2.83. The van der Waals surface area contributed by atoms with Crippen LogP contribution in [0.3, 0.4) is 0 Å². The highest BCUT2D eigenvalue weighted by Crippen LogP contribution is 2.20. The Bertz CT molecular complexity index is 626. The number of benzene rings is 1. The molecule has 2 amide bonds. The first kappa shape index (κ1) is 16.5. The Kier molecular flexibility index (Phi) is 5.68. The number of hydrogen-bond donors (Lipinski definition) is 4. The van der Waals surface area contributed by atoms with Crippen LogP contribution >= 0.6 is 15.9 Å². The number of halogens is 1. The number of urea groups is 1. The number of carboxylic acid groups (broad SMARTS) is 2. The zero-order valence-electron chi connectivity index (χ0n) is 10.5. The summed E-state index contributed by atoms with van der Waals surface area (Å²) in [6, 6.07) is 3.90. The van der Waals surface area contributed by atoms with Crippen LogP contribution < -0.4 is 10.6 Å². The van der Waals surface area contributed by atoms with Gasteiger partial charge in [-0.05, 0) is 18.2 Å². The van der Waals surface area contributed by atoms with E-state index in [-0.39, 0.29) is 11.3 Å². The number of nitriles is 1. The molecular formula is C12H10BrN3O5. The van der Waals surface area contributed by atoms with Gasteiger partial charge in [-0.3, -0.25) is 4.79 Å². The lowest BCUT2D eigenvalue weighted by atomic mass is 10.2. The molecule has 1 atom stereocenters. The topological polar surface area (TPSA) is 140 Å². The number of carbonyl (C=O) groups excluding carboxylic acids is 1. The first-order chi connectivity index (χ1) is 9.83. The molecule has 110 valence electrons. The number of hydrogen-bond acceptors (Lipinski definition) is 4. The molecule has 1 aromatic rings. The van der Waals surface area contributed by atoms with Gasteiger partial charge in [-0.15, -0.1) is 0 Å². The maximum absolute atomic E-state index is 11.7. The number of rotatable bonds is 5. The lowest BCUT2D eigenvalue weighted by Gasteiger charge is -2.14. The molecule has 0 unspecified atom stereocenters. The maximum Gasteiger partial charge on any atom is 0.326 e. The Hall–Kier alpha value is -2.60. The molecule has 0 spiro atoms. The predicted octanol–water partition coefficient (Wildman–Crippen LogP) is 1.37.